The Morgan fingerprint density at radius 2 is 1.53 bits per heavy atom. The highest BCUT2D eigenvalue weighted by atomic mass is 28.3. The van der Waals surface area contributed by atoms with E-state index in [2.05, 4.69) is 94.2 Å². The van der Waals surface area contributed by atoms with Crippen LogP contribution < -0.4 is 5.19 Å². The SMILES string of the molecule is Cc1cc(C)c2ccc3c(-c4cc([Si](C)(C)C)c5c(C6CCCCC6)cccc5c4)nccc3c2c1. The van der Waals surface area contributed by atoms with Crippen molar-refractivity contribution in [3.8, 4) is 11.3 Å². The molecule has 2 heteroatoms. The Bertz CT molecular complexity index is 1620. The molecule has 0 atom stereocenters. The molecule has 0 aliphatic heterocycles. The number of fused-ring (bicyclic) bond motifs is 4. The summed E-state index contributed by atoms with van der Waals surface area (Å²) in [6, 6.07) is 23.4. The predicted octanol–water partition coefficient (Wildman–Crippen LogP) is 9.42. The van der Waals surface area contributed by atoms with Crippen molar-refractivity contribution in [2.75, 3.05) is 0 Å². The van der Waals surface area contributed by atoms with Crippen LogP contribution in [0.4, 0.5) is 0 Å². The van der Waals surface area contributed by atoms with Crippen molar-refractivity contribution in [1.29, 1.82) is 0 Å². The first kappa shape index (κ1) is 23.4. The highest BCUT2D eigenvalue weighted by Gasteiger charge is 2.26. The zero-order valence-electron chi connectivity index (χ0n) is 22.4. The number of rotatable bonds is 3. The number of aromatic nitrogens is 1. The fraction of sp³-hybridized carbons (Fsp3) is 0.324. The lowest BCUT2D eigenvalue weighted by Gasteiger charge is -2.28. The molecule has 0 spiro atoms. The minimum absolute atomic E-state index is 0.705. The van der Waals surface area contributed by atoms with Crippen LogP contribution in [-0.2, 0) is 0 Å². The maximum Gasteiger partial charge on any atom is 0.0784 e. The second-order valence-electron chi connectivity index (χ2n) is 12.1. The molecule has 6 rings (SSSR count). The average Bonchev–Trinajstić information content (AvgIpc) is 2.87. The lowest BCUT2D eigenvalue weighted by atomic mass is 9.82. The fourth-order valence-corrected chi connectivity index (χ4v) is 8.26. The first-order valence-electron chi connectivity index (χ1n) is 13.7. The van der Waals surface area contributed by atoms with Crippen molar-refractivity contribution in [2.24, 2.45) is 0 Å². The maximum atomic E-state index is 4.99. The van der Waals surface area contributed by atoms with Crippen LogP contribution in [-0.4, -0.2) is 13.1 Å². The van der Waals surface area contributed by atoms with Crippen LogP contribution in [0.3, 0.4) is 0 Å². The van der Waals surface area contributed by atoms with Crippen molar-refractivity contribution >= 4 is 45.6 Å². The van der Waals surface area contributed by atoms with E-state index in [4.69, 9.17) is 4.98 Å². The summed E-state index contributed by atoms with van der Waals surface area (Å²) in [5.74, 6) is 0.705. The number of aryl methyl sites for hydroxylation is 2. The molecule has 0 bridgehead atoms. The highest BCUT2D eigenvalue weighted by molar-refractivity contribution is 6.90. The van der Waals surface area contributed by atoms with Crippen LogP contribution in [0.2, 0.25) is 19.6 Å². The number of benzene rings is 4. The van der Waals surface area contributed by atoms with Gasteiger partial charge in [-0.15, -0.1) is 0 Å². The summed E-state index contributed by atoms with van der Waals surface area (Å²) in [7, 11) is -1.61. The number of hydrogen-bond acceptors (Lipinski definition) is 1. The molecule has 0 N–H and O–H groups in total. The Hall–Kier alpha value is -2.97. The van der Waals surface area contributed by atoms with Crippen molar-refractivity contribution in [3.63, 3.8) is 0 Å². The smallest absolute Gasteiger partial charge is 0.0784 e. The van der Waals surface area contributed by atoms with Gasteiger partial charge in [-0.05, 0) is 82.8 Å². The van der Waals surface area contributed by atoms with Crippen LogP contribution >= 0.6 is 0 Å². The van der Waals surface area contributed by atoms with Crippen molar-refractivity contribution in [1.82, 2.24) is 4.98 Å². The van der Waals surface area contributed by atoms with Gasteiger partial charge in [-0.2, -0.15) is 0 Å². The normalized spacial score (nSPS) is 15.2. The number of pyridine rings is 1. The molecule has 1 saturated carbocycles. The van der Waals surface area contributed by atoms with E-state index in [0.717, 1.165) is 5.69 Å². The summed E-state index contributed by atoms with van der Waals surface area (Å²) >= 11 is 0. The molecule has 5 aromatic rings. The topological polar surface area (TPSA) is 12.9 Å². The molecular formula is C34H37NSi. The molecule has 36 heavy (non-hydrogen) atoms. The third-order valence-electron chi connectivity index (χ3n) is 8.36. The molecular weight excluding hydrogens is 450 g/mol. The Labute approximate surface area is 216 Å². The molecule has 1 heterocycles. The minimum Gasteiger partial charge on any atom is -0.256 e. The second kappa shape index (κ2) is 8.85. The van der Waals surface area contributed by atoms with Gasteiger partial charge >= 0.3 is 0 Å². The third kappa shape index (κ3) is 3.96. The van der Waals surface area contributed by atoms with Gasteiger partial charge in [0.2, 0.25) is 0 Å². The van der Waals surface area contributed by atoms with E-state index < -0.39 is 8.07 Å². The molecule has 0 amide bonds. The van der Waals surface area contributed by atoms with Crippen LogP contribution in [0.1, 0.15) is 54.7 Å². The second-order valence-corrected chi connectivity index (χ2v) is 17.1. The van der Waals surface area contributed by atoms with Gasteiger partial charge < -0.3 is 0 Å². The summed E-state index contributed by atoms with van der Waals surface area (Å²) in [6.45, 7) is 11.9. The maximum absolute atomic E-state index is 4.99. The van der Waals surface area contributed by atoms with E-state index in [1.807, 2.05) is 6.20 Å². The zero-order chi connectivity index (χ0) is 25.0. The van der Waals surface area contributed by atoms with E-state index in [1.54, 1.807) is 16.1 Å². The lowest BCUT2D eigenvalue weighted by Crippen LogP contribution is -2.38. The molecule has 0 saturated heterocycles. The molecule has 182 valence electrons. The fourth-order valence-electron chi connectivity index (χ4n) is 6.64. The Morgan fingerprint density at radius 3 is 2.31 bits per heavy atom. The van der Waals surface area contributed by atoms with Crippen molar-refractivity contribution in [3.05, 3.63) is 83.6 Å². The van der Waals surface area contributed by atoms with E-state index in [-0.39, 0.29) is 0 Å². The monoisotopic (exact) mass is 487 g/mol. The summed E-state index contributed by atoms with van der Waals surface area (Å²) in [6.07, 6.45) is 8.81. The lowest BCUT2D eigenvalue weighted by molar-refractivity contribution is 0.445. The summed E-state index contributed by atoms with van der Waals surface area (Å²) in [5.41, 5.74) is 6.62. The molecule has 1 nitrogen and oxygen atoms in total. The Morgan fingerprint density at radius 1 is 0.750 bits per heavy atom. The van der Waals surface area contributed by atoms with E-state index in [0.29, 0.717) is 5.92 Å². The van der Waals surface area contributed by atoms with Crippen molar-refractivity contribution < 1.29 is 0 Å². The van der Waals surface area contributed by atoms with Crippen molar-refractivity contribution in [2.45, 2.75) is 71.5 Å². The van der Waals surface area contributed by atoms with Gasteiger partial charge in [0.05, 0.1) is 13.8 Å². The van der Waals surface area contributed by atoms with Gasteiger partial charge in [-0.1, -0.05) is 98.2 Å². The van der Waals surface area contributed by atoms with E-state index >= 15 is 0 Å². The quantitative estimate of drug-likeness (QED) is 0.182. The third-order valence-corrected chi connectivity index (χ3v) is 10.4. The molecule has 0 radical (unpaired) electrons. The van der Waals surface area contributed by atoms with Gasteiger partial charge in [-0.25, -0.2) is 0 Å². The van der Waals surface area contributed by atoms with E-state index in [9.17, 15) is 0 Å². The first-order chi connectivity index (χ1) is 17.3. The average molecular weight is 488 g/mol. The standard InChI is InChI=1S/C34H37NSi/c1-22-18-23(2)27-14-15-30-29(31(27)19-22)16-17-35-34(30)26-20-25-12-9-13-28(24-10-7-6-8-11-24)33(25)32(21-26)36(3,4)5/h9,12-21,24H,6-8,10-11H2,1-5H3. The van der Waals surface area contributed by atoms with Gasteiger partial charge in [-0.3, -0.25) is 4.98 Å². The van der Waals surface area contributed by atoms with Crippen LogP contribution in [0.15, 0.2) is 66.9 Å². The van der Waals surface area contributed by atoms with Gasteiger partial charge in [0.1, 0.15) is 0 Å². The molecule has 1 aliphatic carbocycles. The summed E-state index contributed by atoms with van der Waals surface area (Å²) in [4.78, 5) is 4.99. The number of hydrogen-bond donors (Lipinski definition) is 0. The van der Waals surface area contributed by atoms with Crippen LogP contribution in [0.5, 0.6) is 0 Å². The predicted molar refractivity (Wildman–Crippen MR) is 160 cm³/mol. The minimum atomic E-state index is -1.61. The molecule has 1 aromatic heterocycles. The summed E-state index contributed by atoms with van der Waals surface area (Å²) < 4.78 is 0. The van der Waals surface area contributed by atoms with Crippen LogP contribution in [0, 0.1) is 13.8 Å². The Kier molecular flexibility index (Phi) is 5.76. The highest BCUT2D eigenvalue weighted by Crippen LogP contribution is 2.39. The van der Waals surface area contributed by atoms with Gasteiger partial charge in [0.25, 0.3) is 0 Å². The zero-order valence-corrected chi connectivity index (χ0v) is 23.4. The summed E-state index contributed by atoms with van der Waals surface area (Å²) in [5, 5.41) is 9.74. The first-order valence-corrected chi connectivity index (χ1v) is 17.2. The molecule has 0 unspecified atom stereocenters. The van der Waals surface area contributed by atoms with Gasteiger partial charge in [0, 0.05) is 17.1 Å². The molecule has 1 fully saturated rings. The van der Waals surface area contributed by atoms with Gasteiger partial charge in [0.15, 0.2) is 0 Å². The Balaban J connectivity index is 1.62. The van der Waals surface area contributed by atoms with E-state index in [1.165, 1.54) is 75.7 Å². The largest absolute Gasteiger partial charge is 0.256 e. The number of nitrogens with zero attached hydrogens (tertiary/aromatic N) is 1. The molecule has 4 aromatic carbocycles. The molecule has 1 aliphatic rings. The van der Waals surface area contributed by atoms with Crippen LogP contribution in [0.25, 0.3) is 43.6 Å².